The maximum Gasteiger partial charge on any atom is 0.259 e. The monoisotopic (exact) mass is 417 g/mol. The van der Waals surface area contributed by atoms with Gasteiger partial charge in [0.2, 0.25) is 0 Å². The van der Waals surface area contributed by atoms with Crippen LogP contribution in [0, 0.1) is 0 Å². The van der Waals surface area contributed by atoms with Crippen molar-refractivity contribution >= 4 is 56.4 Å². The van der Waals surface area contributed by atoms with E-state index in [9.17, 15) is 9.59 Å². The highest BCUT2D eigenvalue weighted by Crippen LogP contribution is 2.38. The number of carbonyl (C=O) groups excluding carboxylic acids is 2. The number of alkyl halides is 1. The van der Waals surface area contributed by atoms with Gasteiger partial charge in [-0.25, -0.2) is 0 Å². The van der Waals surface area contributed by atoms with Gasteiger partial charge in [0.25, 0.3) is 11.8 Å². The summed E-state index contributed by atoms with van der Waals surface area (Å²) in [6.07, 6.45) is 4.71. The Morgan fingerprint density at radius 1 is 0.833 bits per heavy atom. The summed E-state index contributed by atoms with van der Waals surface area (Å²) >= 11 is 5.91. The van der Waals surface area contributed by atoms with E-state index in [-0.39, 0.29) is 11.8 Å². The summed E-state index contributed by atoms with van der Waals surface area (Å²) < 4.78 is 4.09. The number of hydrogen-bond donors (Lipinski definition) is 1. The Labute approximate surface area is 178 Å². The fraction of sp³-hybridized carbons (Fsp3) is 0.167. The second-order valence-electron chi connectivity index (χ2n) is 7.50. The Morgan fingerprint density at radius 3 is 2.07 bits per heavy atom. The molecule has 5 rings (SSSR count). The van der Waals surface area contributed by atoms with E-state index in [1.54, 1.807) is 0 Å². The first-order valence-corrected chi connectivity index (χ1v) is 10.4. The summed E-state index contributed by atoms with van der Waals surface area (Å²) in [4.78, 5) is 25.9. The van der Waals surface area contributed by atoms with Gasteiger partial charge in [-0.3, -0.25) is 14.9 Å². The molecule has 0 spiro atoms. The first-order valence-electron chi connectivity index (χ1n) is 9.88. The van der Waals surface area contributed by atoms with Crippen molar-refractivity contribution in [3.8, 4) is 0 Å². The van der Waals surface area contributed by atoms with E-state index in [1.807, 2.05) is 72.5 Å². The van der Waals surface area contributed by atoms with Crippen molar-refractivity contribution in [2.75, 3.05) is 5.88 Å². The molecule has 0 unspecified atom stereocenters. The van der Waals surface area contributed by atoms with Gasteiger partial charge in [-0.15, -0.1) is 11.6 Å². The van der Waals surface area contributed by atoms with E-state index in [0.29, 0.717) is 17.0 Å². The molecule has 5 nitrogen and oxygen atoms in total. The van der Waals surface area contributed by atoms with Gasteiger partial charge in [-0.1, -0.05) is 36.4 Å². The molecule has 0 bridgehead atoms. The van der Waals surface area contributed by atoms with E-state index in [1.165, 1.54) is 0 Å². The third kappa shape index (κ3) is 2.77. The van der Waals surface area contributed by atoms with Crippen LogP contribution < -0.4 is 5.32 Å². The highest BCUT2D eigenvalue weighted by atomic mass is 35.5. The number of para-hydroxylation sites is 2. The Hall–Kier alpha value is -3.31. The molecule has 6 heteroatoms. The molecule has 30 heavy (non-hydrogen) atoms. The summed E-state index contributed by atoms with van der Waals surface area (Å²) in [6.45, 7) is 0.746. The van der Waals surface area contributed by atoms with Crippen LogP contribution in [0.4, 0.5) is 0 Å². The first kappa shape index (κ1) is 18.7. The van der Waals surface area contributed by atoms with Gasteiger partial charge in [0.15, 0.2) is 0 Å². The second kappa shape index (κ2) is 7.18. The summed E-state index contributed by atoms with van der Waals surface area (Å²) in [7, 11) is 1.94. The Balaban J connectivity index is 1.81. The van der Waals surface area contributed by atoms with E-state index < -0.39 is 0 Å². The van der Waals surface area contributed by atoms with Crippen molar-refractivity contribution in [2.24, 2.45) is 7.05 Å². The topological polar surface area (TPSA) is 56.0 Å². The van der Waals surface area contributed by atoms with Gasteiger partial charge in [-0.05, 0) is 18.6 Å². The molecule has 0 saturated carbocycles. The lowest BCUT2D eigenvalue weighted by atomic mass is 9.95. The number of nitrogens with zero attached hydrogens (tertiary/aromatic N) is 2. The van der Waals surface area contributed by atoms with Gasteiger partial charge in [0, 0.05) is 64.8 Å². The minimum atomic E-state index is -0.358. The minimum absolute atomic E-state index is 0.357. The van der Waals surface area contributed by atoms with Crippen LogP contribution in [0.1, 0.15) is 17.5 Å². The molecule has 150 valence electrons. The van der Waals surface area contributed by atoms with Crippen LogP contribution in [0.2, 0.25) is 0 Å². The fourth-order valence-electron chi connectivity index (χ4n) is 4.37. The van der Waals surface area contributed by atoms with Crippen molar-refractivity contribution < 1.29 is 9.59 Å². The van der Waals surface area contributed by atoms with E-state index in [0.717, 1.165) is 45.9 Å². The van der Waals surface area contributed by atoms with Crippen LogP contribution >= 0.6 is 11.6 Å². The predicted octanol–water partition coefficient (Wildman–Crippen LogP) is 4.33. The number of halogens is 1. The Bertz CT molecular complexity index is 1360. The first-order chi connectivity index (χ1) is 14.6. The molecule has 1 aliphatic heterocycles. The average Bonchev–Trinajstić information content (AvgIpc) is 3.37. The van der Waals surface area contributed by atoms with E-state index in [2.05, 4.69) is 9.88 Å². The van der Waals surface area contributed by atoms with E-state index >= 15 is 0 Å². The molecule has 2 aromatic heterocycles. The van der Waals surface area contributed by atoms with Crippen LogP contribution in [0.5, 0.6) is 0 Å². The lowest BCUT2D eigenvalue weighted by Gasteiger charge is -2.03. The zero-order valence-electron chi connectivity index (χ0n) is 16.5. The van der Waals surface area contributed by atoms with Gasteiger partial charge < -0.3 is 9.13 Å². The highest BCUT2D eigenvalue weighted by molar-refractivity contribution is 6.50. The molecule has 0 aliphatic carbocycles. The van der Waals surface area contributed by atoms with Gasteiger partial charge in [-0.2, -0.15) is 0 Å². The zero-order chi connectivity index (χ0) is 20.8. The normalized spacial score (nSPS) is 14.3. The molecule has 1 N–H and O–H groups in total. The molecule has 2 aromatic carbocycles. The predicted molar refractivity (Wildman–Crippen MR) is 120 cm³/mol. The maximum atomic E-state index is 13.0. The number of amides is 2. The number of fused-ring (bicyclic) bond motifs is 2. The Morgan fingerprint density at radius 2 is 1.40 bits per heavy atom. The van der Waals surface area contributed by atoms with Gasteiger partial charge >= 0.3 is 0 Å². The molecule has 0 atom stereocenters. The highest BCUT2D eigenvalue weighted by Gasteiger charge is 2.35. The number of benzene rings is 2. The molecule has 0 radical (unpaired) electrons. The summed E-state index contributed by atoms with van der Waals surface area (Å²) in [6, 6.07) is 15.8. The summed E-state index contributed by atoms with van der Waals surface area (Å²) in [5, 5.41) is 4.41. The molecular weight excluding hydrogens is 398 g/mol. The quantitative estimate of drug-likeness (QED) is 0.388. The summed E-state index contributed by atoms with van der Waals surface area (Å²) in [5.74, 6) is -0.155. The number of rotatable bonds is 5. The van der Waals surface area contributed by atoms with Crippen molar-refractivity contribution in [3.63, 3.8) is 0 Å². The molecule has 1 aliphatic rings. The van der Waals surface area contributed by atoms with Crippen LogP contribution in [-0.4, -0.2) is 26.8 Å². The molecule has 0 saturated heterocycles. The van der Waals surface area contributed by atoms with E-state index in [4.69, 9.17) is 11.6 Å². The van der Waals surface area contributed by atoms with Crippen LogP contribution in [-0.2, 0) is 23.2 Å². The lowest BCUT2D eigenvalue weighted by molar-refractivity contribution is -0.122. The van der Waals surface area contributed by atoms with Crippen LogP contribution in [0.15, 0.2) is 60.9 Å². The standard InChI is InChI=1S/C24H20ClN3O2/c1-27-13-17(15-7-2-4-9-19(15)27)21-22(24(30)26-23(21)29)18-14-28(12-6-11-25)20-10-5-3-8-16(18)20/h2-5,7-10,13-14H,6,11-12H2,1H3,(H,26,29,30). The summed E-state index contributed by atoms with van der Waals surface area (Å²) in [5.41, 5.74) is 4.43. The number of aromatic nitrogens is 2. The molecule has 4 aromatic rings. The van der Waals surface area contributed by atoms with Crippen molar-refractivity contribution in [3.05, 3.63) is 72.1 Å². The van der Waals surface area contributed by atoms with Crippen LogP contribution in [0.3, 0.4) is 0 Å². The zero-order valence-corrected chi connectivity index (χ0v) is 17.2. The van der Waals surface area contributed by atoms with Crippen molar-refractivity contribution in [1.29, 1.82) is 0 Å². The van der Waals surface area contributed by atoms with Gasteiger partial charge in [0.05, 0.1) is 11.1 Å². The van der Waals surface area contributed by atoms with Crippen molar-refractivity contribution in [1.82, 2.24) is 14.5 Å². The molecular formula is C24H20ClN3O2. The lowest BCUT2D eigenvalue weighted by Crippen LogP contribution is -2.22. The third-order valence-corrected chi connectivity index (χ3v) is 5.96. The molecule has 2 amide bonds. The smallest absolute Gasteiger partial charge is 0.259 e. The largest absolute Gasteiger partial charge is 0.350 e. The molecule has 3 heterocycles. The maximum absolute atomic E-state index is 13.0. The number of nitrogens with one attached hydrogen (secondary N) is 1. The van der Waals surface area contributed by atoms with Crippen molar-refractivity contribution in [2.45, 2.75) is 13.0 Å². The molecule has 0 fully saturated rings. The minimum Gasteiger partial charge on any atom is -0.350 e. The van der Waals surface area contributed by atoms with Gasteiger partial charge in [0.1, 0.15) is 0 Å². The Kier molecular flexibility index (Phi) is 4.48. The number of hydrogen-bond acceptors (Lipinski definition) is 2. The van der Waals surface area contributed by atoms with Crippen LogP contribution in [0.25, 0.3) is 33.0 Å². The fourth-order valence-corrected chi connectivity index (χ4v) is 4.49. The SMILES string of the molecule is Cn1cc(C2=C(c3cn(CCCCl)c4ccccc34)C(=O)NC2=O)c2ccccc21. The number of aryl methyl sites for hydroxylation is 2. The third-order valence-electron chi connectivity index (χ3n) is 5.69. The number of imide groups is 1. The second-order valence-corrected chi connectivity index (χ2v) is 7.88. The number of carbonyl (C=O) groups is 2. The average molecular weight is 418 g/mol.